The van der Waals surface area contributed by atoms with Crippen molar-refractivity contribution >= 4 is 0 Å². The summed E-state index contributed by atoms with van der Waals surface area (Å²) in [5.41, 5.74) is 8.14. The summed E-state index contributed by atoms with van der Waals surface area (Å²) in [5.74, 6) is 0. The van der Waals surface area contributed by atoms with Crippen LogP contribution >= 0.6 is 0 Å². The molecule has 0 radical (unpaired) electrons. The van der Waals surface area contributed by atoms with Gasteiger partial charge >= 0.3 is 0 Å². The standard InChI is InChI=1S/C10H19N3/c1-10(2,3)8-7-13(4)12-9(8)5-6-11/h7H,5-6,11H2,1-4H3. The second-order valence-electron chi connectivity index (χ2n) is 4.45. The number of nitrogens with zero attached hydrogens (tertiary/aromatic N) is 2. The summed E-state index contributed by atoms with van der Waals surface area (Å²) in [6.45, 7) is 7.26. The first-order valence-electron chi connectivity index (χ1n) is 4.68. The zero-order chi connectivity index (χ0) is 10.1. The zero-order valence-electron chi connectivity index (χ0n) is 8.96. The summed E-state index contributed by atoms with van der Waals surface area (Å²) in [5, 5.41) is 4.40. The van der Waals surface area contributed by atoms with Crippen LogP contribution in [0.4, 0.5) is 0 Å². The van der Waals surface area contributed by atoms with E-state index in [1.807, 2.05) is 11.7 Å². The van der Waals surface area contributed by atoms with Gasteiger partial charge in [-0.2, -0.15) is 5.10 Å². The lowest BCUT2D eigenvalue weighted by molar-refractivity contribution is 0.582. The topological polar surface area (TPSA) is 43.8 Å². The Kier molecular flexibility index (Phi) is 2.76. The van der Waals surface area contributed by atoms with Crippen LogP contribution in [-0.2, 0) is 18.9 Å². The molecule has 3 nitrogen and oxygen atoms in total. The predicted octanol–water partition coefficient (Wildman–Crippen LogP) is 1.22. The quantitative estimate of drug-likeness (QED) is 0.745. The van der Waals surface area contributed by atoms with Crippen molar-refractivity contribution in [1.82, 2.24) is 9.78 Å². The van der Waals surface area contributed by atoms with Crippen molar-refractivity contribution in [2.75, 3.05) is 6.54 Å². The summed E-state index contributed by atoms with van der Waals surface area (Å²) in [6.07, 6.45) is 2.96. The van der Waals surface area contributed by atoms with Crippen LogP contribution in [0, 0.1) is 0 Å². The van der Waals surface area contributed by atoms with Gasteiger partial charge in [-0.3, -0.25) is 4.68 Å². The molecule has 1 heterocycles. The van der Waals surface area contributed by atoms with E-state index in [4.69, 9.17) is 5.73 Å². The van der Waals surface area contributed by atoms with E-state index in [0.29, 0.717) is 6.54 Å². The van der Waals surface area contributed by atoms with Gasteiger partial charge in [0.1, 0.15) is 0 Å². The van der Waals surface area contributed by atoms with Gasteiger partial charge in [0, 0.05) is 19.7 Å². The Labute approximate surface area is 79.9 Å². The first kappa shape index (κ1) is 10.3. The maximum Gasteiger partial charge on any atom is 0.0674 e. The van der Waals surface area contributed by atoms with E-state index < -0.39 is 0 Å². The molecule has 0 aliphatic rings. The predicted molar refractivity (Wildman–Crippen MR) is 54.7 cm³/mol. The molecule has 74 valence electrons. The van der Waals surface area contributed by atoms with Crippen LogP contribution < -0.4 is 5.73 Å². The maximum absolute atomic E-state index is 5.53. The van der Waals surface area contributed by atoms with Crippen LogP contribution in [0.15, 0.2) is 6.20 Å². The molecular weight excluding hydrogens is 162 g/mol. The molecule has 0 saturated heterocycles. The molecule has 0 unspecified atom stereocenters. The van der Waals surface area contributed by atoms with Gasteiger partial charge in [-0.25, -0.2) is 0 Å². The lowest BCUT2D eigenvalue weighted by atomic mass is 9.87. The number of hydrogen-bond acceptors (Lipinski definition) is 2. The van der Waals surface area contributed by atoms with Crippen LogP contribution in [0.5, 0.6) is 0 Å². The number of nitrogens with two attached hydrogens (primary N) is 1. The smallest absolute Gasteiger partial charge is 0.0674 e. The number of aromatic nitrogens is 2. The van der Waals surface area contributed by atoms with Crippen molar-refractivity contribution in [3.8, 4) is 0 Å². The Morgan fingerprint density at radius 2 is 2.08 bits per heavy atom. The first-order chi connectivity index (χ1) is 5.95. The van der Waals surface area contributed by atoms with Crippen LogP contribution in [0.3, 0.4) is 0 Å². The molecule has 0 aliphatic heterocycles. The van der Waals surface area contributed by atoms with Crippen LogP contribution in [0.25, 0.3) is 0 Å². The summed E-state index contributed by atoms with van der Waals surface area (Å²) in [4.78, 5) is 0. The number of hydrogen-bond donors (Lipinski definition) is 1. The highest BCUT2D eigenvalue weighted by Crippen LogP contribution is 2.24. The summed E-state index contributed by atoms with van der Waals surface area (Å²) >= 11 is 0. The third kappa shape index (κ3) is 2.31. The van der Waals surface area contributed by atoms with E-state index in [2.05, 4.69) is 32.1 Å². The molecule has 13 heavy (non-hydrogen) atoms. The molecule has 0 fully saturated rings. The largest absolute Gasteiger partial charge is 0.330 e. The van der Waals surface area contributed by atoms with E-state index in [9.17, 15) is 0 Å². The Balaban J connectivity index is 3.04. The van der Waals surface area contributed by atoms with Crippen molar-refractivity contribution < 1.29 is 0 Å². The summed E-state index contributed by atoms with van der Waals surface area (Å²) in [7, 11) is 1.95. The van der Waals surface area contributed by atoms with E-state index in [1.54, 1.807) is 0 Å². The fraction of sp³-hybridized carbons (Fsp3) is 0.700. The molecule has 1 rings (SSSR count). The highest BCUT2D eigenvalue weighted by Gasteiger charge is 2.20. The molecule has 0 aromatic carbocycles. The Morgan fingerprint density at radius 1 is 1.46 bits per heavy atom. The van der Waals surface area contributed by atoms with Crippen LogP contribution in [0.2, 0.25) is 0 Å². The van der Waals surface area contributed by atoms with Gasteiger partial charge in [0.25, 0.3) is 0 Å². The third-order valence-corrected chi connectivity index (χ3v) is 2.09. The molecule has 1 aromatic rings. The van der Waals surface area contributed by atoms with E-state index in [-0.39, 0.29) is 5.41 Å². The second-order valence-corrected chi connectivity index (χ2v) is 4.45. The minimum absolute atomic E-state index is 0.165. The van der Waals surface area contributed by atoms with Crippen molar-refractivity contribution in [1.29, 1.82) is 0 Å². The monoisotopic (exact) mass is 181 g/mol. The highest BCUT2D eigenvalue weighted by atomic mass is 15.3. The Morgan fingerprint density at radius 3 is 2.54 bits per heavy atom. The van der Waals surface area contributed by atoms with E-state index in [0.717, 1.165) is 12.1 Å². The zero-order valence-corrected chi connectivity index (χ0v) is 8.96. The average Bonchev–Trinajstić information content (AvgIpc) is 2.30. The molecule has 1 aromatic heterocycles. The highest BCUT2D eigenvalue weighted by molar-refractivity contribution is 5.25. The van der Waals surface area contributed by atoms with Crippen molar-refractivity contribution in [3.05, 3.63) is 17.5 Å². The van der Waals surface area contributed by atoms with Gasteiger partial charge in [0.2, 0.25) is 0 Å². The molecule has 3 heteroatoms. The molecule has 0 saturated carbocycles. The van der Waals surface area contributed by atoms with Gasteiger partial charge < -0.3 is 5.73 Å². The average molecular weight is 181 g/mol. The number of rotatable bonds is 2. The Bertz CT molecular complexity index is 281. The molecular formula is C10H19N3. The van der Waals surface area contributed by atoms with Crippen molar-refractivity contribution in [2.24, 2.45) is 12.8 Å². The SMILES string of the molecule is Cn1cc(C(C)(C)C)c(CCN)n1. The minimum atomic E-state index is 0.165. The molecule has 0 spiro atoms. The van der Waals surface area contributed by atoms with Crippen LogP contribution in [0.1, 0.15) is 32.0 Å². The lowest BCUT2D eigenvalue weighted by Crippen LogP contribution is -2.14. The Hall–Kier alpha value is -0.830. The van der Waals surface area contributed by atoms with Gasteiger partial charge in [0.05, 0.1) is 5.69 Å². The third-order valence-electron chi connectivity index (χ3n) is 2.09. The maximum atomic E-state index is 5.53. The molecule has 0 bridgehead atoms. The molecule has 0 atom stereocenters. The normalized spacial score (nSPS) is 12.1. The molecule has 0 aliphatic carbocycles. The minimum Gasteiger partial charge on any atom is -0.330 e. The van der Waals surface area contributed by atoms with Gasteiger partial charge in [0.15, 0.2) is 0 Å². The van der Waals surface area contributed by atoms with Gasteiger partial charge in [-0.05, 0) is 17.5 Å². The fourth-order valence-corrected chi connectivity index (χ4v) is 1.48. The van der Waals surface area contributed by atoms with E-state index in [1.165, 1.54) is 5.56 Å². The van der Waals surface area contributed by atoms with Gasteiger partial charge in [-0.15, -0.1) is 0 Å². The molecule has 2 N–H and O–H groups in total. The number of aryl methyl sites for hydroxylation is 1. The lowest BCUT2D eigenvalue weighted by Gasteiger charge is -2.17. The van der Waals surface area contributed by atoms with Crippen LogP contribution in [-0.4, -0.2) is 16.3 Å². The van der Waals surface area contributed by atoms with Gasteiger partial charge in [-0.1, -0.05) is 20.8 Å². The van der Waals surface area contributed by atoms with Crippen molar-refractivity contribution in [3.63, 3.8) is 0 Å². The fourth-order valence-electron chi connectivity index (χ4n) is 1.48. The van der Waals surface area contributed by atoms with E-state index >= 15 is 0 Å². The summed E-state index contributed by atoms with van der Waals surface area (Å²) < 4.78 is 1.87. The second kappa shape index (κ2) is 3.50. The molecule has 0 amide bonds. The first-order valence-corrected chi connectivity index (χ1v) is 4.68. The van der Waals surface area contributed by atoms with Crippen molar-refractivity contribution in [2.45, 2.75) is 32.6 Å². The summed E-state index contributed by atoms with van der Waals surface area (Å²) in [6, 6.07) is 0.